The third-order valence-corrected chi connectivity index (χ3v) is 6.51. The van der Waals surface area contributed by atoms with Crippen LogP contribution in [-0.4, -0.2) is 34.3 Å². The van der Waals surface area contributed by atoms with Gasteiger partial charge in [0, 0.05) is 35.6 Å². The zero-order valence-electron chi connectivity index (χ0n) is 20.3. The summed E-state index contributed by atoms with van der Waals surface area (Å²) in [7, 11) is 0. The van der Waals surface area contributed by atoms with Crippen molar-refractivity contribution in [2.45, 2.75) is 26.7 Å². The van der Waals surface area contributed by atoms with Crippen LogP contribution in [0.2, 0.25) is 0 Å². The lowest BCUT2D eigenvalue weighted by Crippen LogP contribution is -2.16. The SMILES string of the molecule is CCOC(=O)c1c2c(n(-c3ccccc3)c1N)Cc1c(C(=O)OCC)c(N)n(-c3ccccc3)c1C2. The highest BCUT2D eigenvalue weighted by molar-refractivity contribution is 6.00. The molecule has 0 spiro atoms. The number of carbonyl (C=O) groups excluding carboxylic acids is 2. The highest BCUT2D eigenvalue weighted by atomic mass is 16.5. The summed E-state index contributed by atoms with van der Waals surface area (Å²) in [6, 6.07) is 19.2. The summed E-state index contributed by atoms with van der Waals surface area (Å²) in [5.41, 5.74) is 18.7. The van der Waals surface area contributed by atoms with Crippen LogP contribution in [0.1, 0.15) is 57.1 Å². The van der Waals surface area contributed by atoms with Crippen molar-refractivity contribution in [1.29, 1.82) is 0 Å². The average Bonchev–Trinajstić information content (AvgIpc) is 3.32. The molecule has 8 heteroatoms. The Morgan fingerprint density at radius 1 is 0.694 bits per heavy atom. The van der Waals surface area contributed by atoms with E-state index in [1.807, 2.05) is 69.8 Å². The maximum Gasteiger partial charge on any atom is 0.342 e. The van der Waals surface area contributed by atoms with E-state index in [2.05, 4.69) is 0 Å². The van der Waals surface area contributed by atoms with Gasteiger partial charge in [0.1, 0.15) is 22.8 Å². The molecule has 0 saturated carbocycles. The molecule has 0 radical (unpaired) electrons. The van der Waals surface area contributed by atoms with Crippen molar-refractivity contribution < 1.29 is 19.1 Å². The smallest absolute Gasteiger partial charge is 0.342 e. The van der Waals surface area contributed by atoms with Crippen LogP contribution in [0.4, 0.5) is 11.6 Å². The fourth-order valence-corrected chi connectivity index (χ4v) is 5.08. The highest BCUT2D eigenvalue weighted by Crippen LogP contribution is 2.42. The van der Waals surface area contributed by atoms with Crippen LogP contribution in [0, 0.1) is 0 Å². The van der Waals surface area contributed by atoms with Gasteiger partial charge in [-0.2, -0.15) is 0 Å². The number of ether oxygens (including phenoxy) is 2. The molecular weight excluding hydrogens is 456 g/mol. The lowest BCUT2D eigenvalue weighted by Gasteiger charge is -2.20. The molecule has 36 heavy (non-hydrogen) atoms. The minimum atomic E-state index is -0.471. The van der Waals surface area contributed by atoms with Crippen molar-refractivity contribution >= 4 is 23.6 Å². The number of aromatic nitrogens is 2. The summed E-state index contributed by atoms with van der Waals surface area (Å²) in [6.07, 6.45) is 0.697. The molecule has 0 fully saturated rings. The third-order valence-electron chi connectivity index (χ3n) is 6.51. The Labute approximate surface area is 209 Å². The lowest BCUT2D eigenvalue weighted by molar-refractivity contribution is 0.0516. The van der Waals surface area contributed by atoms with E-state index in [1.165, 1.54) is 0 Å². The van der Waals surface area contributed by atoms with Crippen LogP contribution >= 0.6 is 0 Å². The number of esters is 2. The number of rotatable bonds is 6. The van der Waals surface area contributed by atoms with Gasteiger partial charge in [-0.25, -0.2) is 9.59 Å². The van der Waals surface area contributed by atoms with Gasteiger partial charge < -0.3 is 20.9 Å². The largest absolute Gasteiger partial charge is 0.462 e. The van der Waals surface area contributed by atoms with E-state index in [4.69, 9.17) is 20.9 Å². The van der Waals surface area contributed by atoms with Gasteiger partial charge in [0.05, 0.1) is 13.2 Å². The summed E-state index contributed by atoms with van der Waals surface area (Å²) in [4.78, 5) is 26.2. The van der Waals surface area contributed by atoms with Crippen molar-refractivity contribution in [3.8, 4) is 11.4 Å². The molecule has 0 atom stereocenters. The van der Waals surface area contributed by atoms with Crippen molar-refractivity contribution in [2.75, 3.05) is 24.7 Å². The summed E-state index contributed by atoms with van der Waals surface area (Å²) in [5, 5.41) is 0. The molecule has 8 nitrogen and oxygen atoms in total. The molecule has 184 valence electrons. The fraction of sp³-hybridized carbons (Fsp3) is 0.214. The van der Waals surface area contributed by atoms with E-state index in [9.17, 15) is 9.59 Å². The normalized spacial score (nSPS) is 12.1. The number of hydrogen-bond donors (Lipinski definition) is 2. The molecule has 5 rings (SSSR count). The van der Waals surface area contributed by atoms with E-state index >= 15 is 0 Å². The molecule has 0 aliphatic heterocycles. The molecule has 1 aliphatic rings. The zero-order valence-corrected chi connectivity index (χ0v) is 20.3. The average molecular weight is 485 g/mol. The summed E-state index contributed by atoms with van der Waals surface area (Å²) in [6.45, 7) is 3.99. The Morgan fingerprint density at radius 3 is 1.39 bits per heavy atom. The minimum absolute atomic E-state index is 0.231. The number of nitrogen functional groups attached to an aromatic ring is 2. The molecule has 4 aromatic rings. The first-order valence-corrected chi connectivity index (χ1v) is 12.0. The Balaban J connectivity index is 1.78. The van der Waals surface area contributed by atoms with Gasteiger partial charge in [-0.15, -0.1) is 0 Å². The van der Waals surface area contributed by atoms with Crippen molar-refractivity contribution in [1.82, 2.24) is 9.13 Å². The molecule has 1 aliphatic carbocycles. The quantitative estimate of drug-likeness (QED) is 0.348. The topological polar surface area (TPSA) is 114 Å². The first-order valence-electron chi connectivity index (χ1n) is 12.0. The minimum Gasteiger partial charge on any atom is -0.462 e. The molecular formula is C28H28N4O4. The number of anilines is 2. The molecule has 2 aromatic heterocycles. The fourth-order valence-electron chi connectivity index (χ4n) is 5.08. The number of benzene rings is 2. The van der Waals surface area contributed by atoms with E-state index in [-0.39, 0.29) is 13.2 Å². The van der Waals surface area contributed by atoms with Crippen LogP contribution in [-0.2, 0) is 22.3 Å². The second-order valence-electron chi connectivity index (χ2n) is 8.51. The Morgan fingerprint density at radius 2 is 1.06 bits per heavy atom. The Bertz CT molecular complexity index is 1340. The number of fused-ring (bicyclic) bond motifs is 2. The summed E-state index contributed by atoms with van der Waals surface area (Å²) in [5.74, 6) is -0.319. The first-order chi connectivity index (χ1) is 17.5. The molecule has 0 saturated heterocycles. The number of nitrogens with two attached hydrogens (primary N) is 2. The molecule has 0 bridgehead atoms. The Kier molecular flexibility index (Phi) is 6.01. The van der Waals surface area contributed by atoms with Crippen molar-refractivity contribution in [2.24, 2.45) is 0 Å². The number of carbonyl (C=O) groups is 2. The summed E-state index contributed by atoms with van der Waals surface area (Å²) < 4.78 is 14.5. The molecule has 4 N–H and O–H groups in total. The van der Waals surface area contributed by atoms with Crippen LogP contribution in [0.5, 0.6) is 0 Å². The van der Waals surface area contributed by atoms with Gasteiger partial charge >= 0.3 is 11.9 Å². The highest BCUT2D eigenvalue weighted by Gasteiger charge is 2.37. The predicted octanol–water partition coefficient (Wildman–Crippen LogP) is 4.28. The van der Waals surface area contributed by atoms with Crippen molar-refractivity contribution in [3.05, 3.63) is 94.3 Å². The van der Waals surface area contributed by atoms with Gasteiger partial charge in [-0.3, -0.25) is 9.13 Å². The predicted molar refractivity (Wildman–Crippen MR) is 138 cm³/mol. The van der Waals surface area contributed by atoms with E-state index in [0.29, 0.717) is 35.6 Å². The third kappa shape index (κ3) is 3.62. The number of hydrogen-bond acceptors (Lipinski definition) is 6. The molecule has 2 aromatic carbocycles. The molecule has 0 amide bonds. The summed E-state index contributed by atoms with van der Waals surface area (Å²) >= 11 is 0. The molecule has 2 heterocycles. The number of para-hydroxylation sites is 2. The van der Waals surface area contributed by atoms with Gasteiger partial charge in [0.15, 0.2) is 0 Å². The number of nitrogens with zero attached hydrogens (tertiary/aromatic N) is 2. The van der Waals surface area contributed by atoms with Gasteiger partial charge in [0.2, 0.25) is 0 Å². The zero-order chi connectivity index (χ0) is 25.4. The van der Waals surface area contributed by atoms with Crippen LogP contribution in [0.25, 0.3) is 11.4 Å². The van der Waals surface area contributed by atoms with Crippen LogP contribution < -0.4 is 11.5 Å². The van der Waals surface area contributed by atoms with Gasteiger partial charge in [-0.1, -0.05) is 36.4 Å². The molecule has 0 unspecified atom stereocenters. The van der Waals surface area contributed by atoms with Gasteiger partial charge in [-0.05, 0) is 49.2 Å². The lowest BCUT2D eigenvalue weighted by atomic mass is 9.90. The second-order valence-corrected chi connectivity index (χ2v) is 8.51. The van der Waals surface area contributed by atoms with E-state index in [0.717, 1.165) is 33.9 Å². The second kappa shape index (κ2) is 9.30. The Hall–Kier alpha value is -4.46. The standard InChI is InChI=1S/C28H28N4O4/c1-3-35-27(33)23-19-15-22-20(16-21(19)31(25(23)29)17-11-7-5-8-12-17)24(28(34)36-4-2)26(30)32(22)18-13-9-6-10-14-18/h5-14H,3-4,15-16,29-30H2,1-2H3. The van der Waals surface area contributed by atoms with E-state index in [1.54, 1.807) is 13.8 Å². The maximum absolute atomic E-state index is 13.1. The van der Waals surface area contributed by atoms with Gasteiger partial charge in [0.25, 0.3) is 0 Å². The first kappa shape index (κ1) is 23.3. The van der Waals surface area contributed by atoms with Crippen molar-refractivity contribution in [3.63, 3.8) is 0 Å². The van der Waals surface area contributed by atoms with Crippen LogP contribution in [0.3, 0.4) is 0 Å². The monoisotopic (exact) mass is 484 g/mol. The maximum atomic E-state index is 13.1. The van der Waals surface area contributed by atoms with Crippen LogP contribution in [0.15, 0.2) is 60.7 Å². The van der Waals surface area contributed by atoms with E-state index < -0.39 is 11.9 Å².